The zero-order valence-corrected chi connectivity index (χ0v) is 23.3. The SMILES string of the molecule is CCCCCCCOc1ccc(C2CCC(/C=C/c3ccc(C4CCC(C)CC4)c(F)c3F)CC2)c(F)c1. The number of allylic oxidation sites excluding steroid dienone is 1. The highest BCUT2D eigenvalue weighted by Gasteiger charge is 2.26. The second kappa shape index (κ2) is 14.2. The molecule has 2 fully saturated rings. The molecule has 2 aromatic rings. The molecule has 0 amide bonds. The Morgan fingerprint density at radius 3 is 2.13 bits per heavy atom. The van der Waals surface area contributed by atoms with Gasteiger partial charge in [0.2, 0.25) is 0 Å². The van der Waals surface area contributed by atoms with E-state index < -0.39 is 11.6 Å². The molecule has 0 saturated heterocycles. The van der Waals surface area contributed by atoms with Gasteiger partial charge in [-0.15, -0.1) is 0 Å². The van der Waals surface area contributed by atoms with E-state index in [2.05, 4.69) is 13.8 Å². The average Bonchev–Trinajstić information content (AvgIpc) is 2.93. The lowest BCUT2D eigenvalue weighted by Gasteiger charge is -2.27. The highest BCUT2D eigenvalue weighted by molar-refractivity contribution is 5.52. The minimum Gasteiger partial charge on any atom is -0.493 e. The van der Waals surface area contributed by atoms with Crippen molar-refractivity contribution in [3.05, 3.63) is 70.5 Å². The van der Waals surface area contributed by atoms with E-state index in [0.29, 0.717) is 35.3 Å². The Balaban J connectivity index is 1.27. The summed E-state index contributed by atoms with van der Waals surface area (Å²) in [6.45, 7) is 5.06. The lowest BCUT2D eigenvalue weighted by Crippen LogP contribution is -2.13. The summed E-state index contributed by atoms with van der Waals surface area (Å²) in [5, 5.41) is 0. The Morgan fingerprint density at radius 2 is 1.42 bits per heavy atom. The molecule has 4 rings (SSSR count). The van der Waals surface area contributed by atoms with E-state index in [1.165, 1.54) is 25.3 Å². The van der Waals surface area contributed by atoms with Crippen LogP contribution in [0.25, 0.3) is 6.08 Å². The molecule has 0 heterocycles. The third-order valence-electron chi connectivity index (χ3n) is 8.85. The summed E-state index contributed by atoms with van der Waals surface area (Å²) in [6.07, 6.45) is 17.3. The summed E-state index contributed by atoms with van der Waals surface area (Å²) in [5.41, 5.74) is 1.63. The predicted molar refractivity (Wildman–Crippen MR) is 151 cm³/mol. The molecule has 0 unspecified atom stereocenters. The van der Waals surface area contributed by atoms with Crippen LogP contribution < -0.4 is 4.74 Å². The molecule has 2 aliphatic rings. The molecular formula is C34H45F3O. The lowest BCUT2D eigenvalue weighted by atomic mass is 9.78. The van der Waals surface area contributed by atoms with Gasteiger partial charge in [0.05, 0.1) is 6.61 Å². The van der Waals surface area contributed by atoms with Crippen LogP contribution in [0.15, 0.2) is 36.4 Å². The van der Waals surface area contributed by atoms with Gasteiger partial charge < -0.3 is 4.74 Å². The van der Waals surface area contributed by atoms with Gasteiger partial charge in [0.15, 0.2) is 11.6 Å². The van der Waals surface area contributed by atoms with E-state index in [1.54, 1.807) is 18.2 Å². The van der Waals surface area contributed by atoms with Crippen LogP contribution in [0.5, 0.6) is 5.75 Å². The van der Waals surface area contributed by atoms with E-state index in [4.69, 9.17) is 4.74 Å². The minimum absolute atomic E-state index is 0.130. The maximum absolute atomic E-state index is 14.9. The number of unbranched alkanes of at least 4 members (excludes halogenated alkanes) is 4. The fourth-order valence-corrected chi connectivity index (χ4v) is 6.28. The molecule has 0 bridgehead atoms. The van der Waals surface area contributed by atoms with E-state index >= 15 is 0 Å². The molecule has 0 aromatic heterocycles. The van der Waals surface area contributed by atoms with E-state index in [0.717, 1.165) is 69.8 Å². The number of ether oxygens (including phenoxy) is 1. The monoisotopic (exact) mass is 526 g/mol. The second-order valence-electron chi connectivity index (χ2n) is 11.7. The van der Waals surface area contributed by atoms with Crippen LogP contribution in [0.3, 0.4) is 0 Å². The van der Waals surface area contributed by atoms with Crippen LogP contribution in [-0.2, 0) is 0 Å². The number of hydrogen-bond acceptors (Lipinski definition) is 1. The van der Waals surface area contributed by atoms with Crippen LogP contribution in [0.2, 0.25) is 0 Å². The smallest absolute Gasteiger partial charge is 0.166 e. The molecule has 0 N–H and O–H groups in total. The van der Waals surface area contributed by atoms with Crippen LogP contribution in [-0.4, -0.2) is 6.61 Å². The van der Waals surface area contributed by atoms with Gasteiger partial charge in [-0.1, -0.05) is 82.7 Å². The van der Waals surface area contributed by atoms with Gasteiger partial charge in [0.1, 0.15) is 11.6 Å². The van der Waals surface area contributed by atoms with E-state index in [9.17, 15) is 13.2 Å². The Kier molecular flexibility index (Phi) is 10.8. The van der Waals surface area contributed by atoms with Crippen molar-refractivity contribution in [2.45, 2.75) is 109 Å². The van der Waals surface area contributed by atoms with Gasteiger partial charge in [-0.05, 0) is 85.8 Å². The average molecular weight is 527 g/mol. The maximum Gasteiger partial charge on any atom is 0.166 e. The molecule has 0 aliphatic heterocycles. The van der Waals surface area contributed by atoms with Crippen LogP contribution in [0, 0.1) is 29.3 Å². The fraction of sp³-hybridized carbons (Fsp3) is 0.588. The van der Waals surface area contributed by atoms with Crippen molar-refractivity contribution in [1.82, 2.24) is 0 Å². The quantitative estimate of drug-likeness (QED) is 0.265. The summed E-state index contributed by atoms with van der Waals surface area (Å²) < 4.78 is 50.4. The highest BCUT2D eigenvalue weighted by atomic mass is 19.2. The molecule has 208 valence electrons. The Hall–Kier alpha value is -2.23. The van der Waals surface area contributed by atoms with Gasteiger partial charge in [-0.25, -0.2) is 13.2 Å². The summed E-state index contributed by atoms with van der Waals surface area (Å²) in [5.74, 6) is 0.322. The molecule has 38 heavy (non-hydrogen) atoms. The molecule has 2 saturated carbocycles. The Labute approximate surface area is 227 Å². The summed E-state index contributed by atoms with van der Waals surface area (Å²) in [4.78, 5) is 0. The zero-order chi connectivity index (χ0) is 26.9. The minimum atomic E-state index is -0.726. The lowest BCUT2D eigenvalue weighted by molar-refractivity contribution is 0.302. The Bertz CT molecular complexity index is 1050. The largest absolute Gasteiger partial charge is 0.493 e. The summed E-state index contributed by atoms with van der Waals surface area (Å²) in [6, 6.07) is 8.83. The van der Waals surface area contributed by atoms with Crippen molar-refractivity contribution >= 4 is 6.08 Å². The summed E-state index contributed by atoms with van der Waals surface area (Å²) >= 11 is 0. The molecule has 0 atom stereocenters. The topological polar surface area (TPSA) is 9.23 Å². The fourth-order valence-electron chi connectivity index (χ4n) is 6.28. The first kappa shape index (κ1) is 28.8. The van der Waals surface area contributed by atoms with Crippen molar-refractivity contribution in [3.8, 4) is 5.75 Å². The van der Waals surface area contributed by atoms with E-state index in [-0.39, 0.29) is 17.7 Å². The highest BCUT2D eigenvalue weighted by Crippen LogP contribution is 2.39. The first-order valence-corrected chi connectivity index (χ1v) is 15.0. The van der Waals surface area contributed by atoms with Crippen molar-refractivity contribution in [3.63, 3.8) is 0 Å². The van der Waals surface area contributed by atoms with Gasteiger partial charge in [-0.3, -0.25) is 0 Å². The number of hydrogen-bond donors (Lipinski definition) is 0. The standard InChI is InChI=1S/C34H45F3O/c1-3-4-5-6-7-22-38-29-19-21-30(32(35)23-29)26-15-10-25(11-16-26)12-17-28-18-20-31(34(37)33(28)36)27-13-8-24(2)9-14-27/h12,17-21,23-27H,3-11,13-16,22H2,1-2H3/b17-12+. The third-order valence-corrected chi connectivity index (χ3v) is 8.85. The van der Waals surface area contributed by atoms with Crippen LogP contribution >= 0.6 is 0 Å². The molecular weight excluding hydrogens is 481 g/mol. The van der Waals surface area contributed by atoms with Crippen molar-refractivity contribution in [2.75, 3.05) is 6.61 Å². The van der Waals surface area contributed by atoms with E-state index in [1.807, 2.05) is 18.2 Å². The van der Waals surface area contributed by atoms with Gasteiger partial charge in [0, 0.05) is 11.6 Å². The first-order valence-electron chi connectivity index (χ1n) is 15.0. The van der Waals surface area contributed by atoms with Crippen LogP contribution in [0.4, 0.5) is 13.2 Å². The maximum atomic E-state index is 14.9. The predicted octanol–water partition coefficient (Wildman–Crippen LogP) is 10.7. The van der Waals surface area contributed by atoms with Gasteiger partial charge in [0.25, 0.3) is 0 Å². The zero-order valence-electron chi connectivity index (χ0n) is 23.3. The second-order valence-corrected chi connectivity index (χ2v) is 11.7. The van der Waals surface area contributed by atoms with Gasteiger partial charge >= 0.3 is 0 Å². The first-order chi connectivity index (χ1) is 18.5. The number of benzene rings is 2. The van der Waals surface area contributed by atoms with Crippen molar-refractivity contribution < 1.29 is 17.9 Å². The van der Waals surface area contributed by atoms with Gasteiger partial charge in [-0.2, -0.15) is 0 Å². The number of halogens is 3. The third kappa shape index (κ3) is 7.67. The molecule has 0 radical (unpaired) electrons. The normalized spacial score (nSPS) is 24.1. The summed E-state index contributed by atoms with van der Waals surface area (Å²) in [7, 11) is 0. The number of rotatable bonds is 11. The molecule has 2 aromatic carbocycles. The Morgan fingerprint density at radius 1 is 0.763 bits per heavy atom. The molecule has 2 aliphatic carbocycles. The van der Waals surface area contributed by atoms with Crippen molar-refractivity contribution in [1.29, 1.82) is 0 Å². The molecule has 4 heteroatoms. The molecule has 1 nitrogen and oxygen atoms in total. The van der Waals surface area contributed by atoms with Crippen molar-refractivity contribution in [2.24, 2.45) is 11.8 Å². The molecule has 0 spiro atoms. The van der Waals surface area contributed by atoms with Crippen LogP contribution in [0.1, 0.15) is 126 Å².